The van der Waals surface area contributed by atoms with Crippen LogP contribution in [0.2, 0.25) is 5.02 Å². The Hall–Kier alpha value is -1.79. The quantitative estimate of drug-likeness (QED) is 0.855. The molecule has 1 saturated carbocycles. The van der Waals surface area contributed by atoms with Gasteiger partial charge >= 0.3 is 0 Å². The van der Waals surface area contributed by atoms with Crippen LogP contribution in [-0.4, -0.2) is 53.2 Å². The maximum Gasteiger partial charge on any atom is 0.298 e. The second-order valence-corrected chi connectivity index (χ2v) is 8.69. The molecule has 0 bridgehead atoms. The highest BCUT2D eigenvalue weighted by molar-refractivity contribution is 6.31. The van der Waals surface area contributed by atoms with Crippen molar-refractivity contribution in [2.24, 2.45) is 17.8 Å². The van der Waals surface area contributed by atoms with Crippen molar-refractivity contribution in [2.75, 3.05) is 31.1 Å². The average molecular weight is 390 g/mol. The number of halogens is 1. The van der Waals surface area contributed by atoms with Crippen LogP contribution in [0.15, 0.2) is 22.6 Å². The summed E-state index contributed by atoms with van der Waals surface area (Å²) in [6.07, 6.45) is 3.20. The van der Waals surface area contributed by atoms with Crippen molar-refractivity contribution in [1.82, 2.24) is 9.88 Å². The smallest absolute Gasteiger partial charge is 0.298 e. The number of aromatic nitrogens is 1. The fourth-order valence-corrected chi connectivity index (χ4v) is 5.21. The zero-order chi connectivity index (χ0) is 18.5. The SMILES string of the molecule is O=C(C1CCN(c2nc3ccc(Cl)cc3o2)CC1)N1C[C@H]2CC(O)C[C@H]2C1. The minimum absolute atomic E-state index is 0.0869. The van der Waals surface area contributed by atoms with Crippen LogP contribution in [0.25, 0.3) is 11.1 Å². The molecule has 1 amide bonds. The summed E-state index contributed by atoms with van der Waals surface area (Å²) in [5.74, 6) is 1.37. The predicted octanol–water partition coefficient (Wildman–Crippen LogP) is 2.93. The molecule has 2 saturated heterocycles. The largest absolute Gasteiger partial charge is 0.423 e. The molecule has 3 atom stereocenters. The molecule has 7 heteroatoms. The van der Waals surface area contributed by atoms with Gasteiger partial charge in [-0.15, -0.1) is 0 Å². The first-order valence-corrected chi connectivity index (χ1v) is 10.2. The first-order chi connectivity index (χ1) is 13.1. The second-order valence-electron chi connectivity index (χ2n) is 8.26. The molecular weight excluding hydrogens is 366 g/mol. The Labute approximate surface area is 163 Å². The molecule has 1 aromatic heterocycles. The van der Waals surface area contributed by atoms with Gasteiger partial charge in [-0.25, -0.2) is 0 Å². The zero-order valence-corrected chi connectivity index (χ0v) is 15.9. The molecule has 1 N–H and O–H groups in total. The number of carbonyl (C=O) groups is 1. The van der Waals surface area contributed by atoms with Gasteiger partial charge in [0, 0.05) is 43.2 Å². The van der Waals surface area contributed by atoms with Crippen LogP contribution in [-0.2, 0) is 4.79 Å². The Kier molecular flexibility index (Phi) is 4.28. The summed E-state index contributed by atoms with van der Waals surface area (Å²) in [6, 6.07) is 6.07. The minimum atomic E-state index is -0.160. The third-order valence-corrected chi connectivity index (χ3v) is 6.73. The third-order valence-electron chi connectivity index (χ3n) is 6.49. The third kappa shape index (κ3) is 3.19. The van der Waals surface area contributed by atoms with Crippen LogP contribution in [0.5, 0.6) is 0 Å². The maximum atomic E-state index is 12.9. The van der Waals surface area contributed by atoms with Crippen LogP contribution in [0.4, 0.5) is 6.01 Å². The van der Waals surface area contributed by atoms with Crippen LogP contribution >= 0.6 is 11.6 Å². The minimum Gasteiger partial charge on any atom is -0.423 e. The highest BCUT2D eigenvalue weighted by Gasteiger charge is 2.43. The molecule has 2 aliphatic heterocycles. The van der Waals surface area contributed by atoms with Crippen molar-refractivity contribution in [3.8, 4) is 0 Å². The number of rotatable bonds is 2. The number of amides is 1. The Bertz CT molecular complexity index is 847. The van der Waals surface area contributed by atoms with Crippen LogP contribution in [0, 0.1) is 17.8 Å². The molecule has 0 spiro atoms. The van der Waals surface area contributed by atoms with Crippen LogP contribution in [0.3, 0.4) is 0 Å². The number of benzene rings is 1. The summed E-state index contributed by atoms with van der Waals surface area (Å²) in [7, 11) is 0. The maximum absolute atomic E-state index is 12.9. The van der Waals surface area contributed by atoms with Crippen molar-refractivity contribution in [1.29, 1.82) is 0 Å². The van der Waals surface area contributed by atoms with E-state index in [2.05, 4.69) is 9.88 Å². The standard InChI is InChI=1S/C20H24ClN3O3/c21-15-1-2-17-18(9-15)27-20(22-17)23-5-3-12(4-6-23)19(26)24-10-13-7-16(25)8-14(13)11-24/h1-2,9,12-14,16,25H,3-8,10-11H2/t13-,14+,16?. The lowest BCUT2D eigenvalue weighted by Gasteiger charge is -2.32. The first-order valence-electron chi connectivity index (χ1n) is 9.84. The van der Waals surface area contributed by atoms with E-state index >= 15 is 0 Å². The summed E-state index contributed by atoms with van der Waals surface area (Å²) in [6.45, 7) is 3.20. The Morgan fingerprint density at radius 3 is 2.59 bits per heavy atom. The molecule has 3 aliphatic rings. The Morgan fingerprint density at radius 2 is 1.89 bits per heavy atom. The number of hydrogen-bond donors (Lipinski definition) is 1. The van der Waals surface area contributed by atoms with Crippen molar-refractivity contribution in [3.63, 3.8) is 0 Å². The molecule has 1 unspecified atom stereocenters. The van der Waals surface area contributed by atoms with Gasteiger partial charge in [-0.3, -0.25) is 4.79 Å². The molecule has 144 valence electrons. The molecule has 1 aliphatic carbocycles. The van der Waals surface area contributed by atoms with Gasteiger partial charge in [0.15, 0.2) is 5.58 Å². The van der Waals surface area contributed by atoms with Gasteiger partial charge in [-0.2, -0.15) is 4.98 Å². The molecular formula is C20H24ClN3O3. The number of fused-ring (bicyclic) bond motifs is 2. The van der Waals surface area contributed by atoms with E-state index in [0.29, 0.717) is 34.4 Å². The summed E-state index contributed by atoms with van der Waals surface area (Å²) in [5.41, 5.74) is 1.50. The first kappa shape index (κ1) is 17.3. The lowest BCUT2D eigenvalue weighted by molar-refractivity contribution is -0.135. The second kappa shape index (κ2) is 6.67. The highest BCUT2D eigenvalue weighted by Crippen LogP contribution is 2.39. The van der Waals surface area contributed by atoms with Gasteiger partial charge in [-0.05, 0) is 49.7 Å². The molecule has 3 heterocycles. The van der Waals surface area contributed by atoms with Crippen molar-refractivity contribution in [3.05, 3.63) is 23.2 Å². The monoisotopic (exact) mass is 389 g/mol. The summed E-state index contributed by atoms with van der Waals surface area (Å²) in [4.78, 5) is 21.6. The van der Waals surface area contributed by atoms with Gasteiger partial charge in [0.05, 0.1) is 6.10 Å². The molecule has 5 rings (SSSR count). The van der Waals surface area contributed by atoms with E-state index in [1.54, 1.807) is 6.07 Å². The van der Waals surface area contributed by atoms with E-state index in [4.69, 9.17) is 16.0 Å². The lowest BCUT2D eigenvalue weighted by Crippen LogP contribution is -2.42. The predicted molar refractivity (Wildman–Crippen MR) is 103 cm³/mol. The van der Waals surface area contributed by atoms with Gasteiger partial charge in [0.1, 0.15) is 5.52 Å². The topological polar surface area (TPSA) is 69.8 Å². The number of carbonyl (C=O) groups excluding carboxylic acids is 1. The zero-order valence-electron chi connectivity index (χ0n) is 15.2. The fourth-order valence-electron chi connectivity index (χ4n) is 5.05. The number of aliphatic hydroxyl groups is 1. The van der Waals surface area contributed by atoms with Gasteiger partial charge in [-0.1, -0.05) is 11.6 Å². The van der Waals surface area contributed by atoms with E-state index in [9.17, 15) is 9.90 Å². The summed E-state index contributed by atoms with van der Waals surface area (Å²) < 4.78 is 5.86. The van der Waals surface area contributed by atoms with E-state index in [-0.39, 0.29) is 12.0 Å². The normalized spacial score (nSPS) is 28.9. The van der Waals surface area contributed by atoms with Gasteiger partial charge < -0.3 is 19.3 Å². The number of hydrogen-bond acceptors (Lipinski definition) is 5. The van der Waals surface area contributed by atoms with Crippen molar-refractivity contribution in [2.45, 2.75) is 31.8 Å². The molecule has 6 nitrogen and oxygen atoms in total. The Balaban J connectivity index is 1.20. The average Bonchev–Trinajstić information content (AvgIpc) is 3.33. The number of piperidine rings is 1. The highest BCUT2D eigenvalue weighted by atomic mass is 35.5. The molecule has 2 aromatic rings. The van der Waals surface area contributed by atoms with Gasteiger partial charge in [0.2, 0.25) is 5.91 Å². The van der Waals surface area contributed by atoms with E-state index in [1.807, 2.05) is 17.0 Å². The number of aliphatic hydroxyl groups excluding tert-OH is 1. The van der Waals surface area contributed by atoms with Gasteiger partial charge in [0.25, 0.3) is 6.01 Å². The van der Waals surface area contributed by atoms with Crippen molar-refractivity contribution < 1.29 is 14.3 Å². The fraction of sp³-hybridized carbons (Fsp3) is 0.600. The number of likely N-dealkylation sites (tertiary alicyclic amines) is 1. The van der Waals surface area contributed by atoms with Crippen molar-refractivity contribution >= 4 is 34.6 Å². The van der Waals surface area contributed by atoms with E-state index in [1.165, 1.54) is 0 Å². The lowest BCUT2D eigenvalue weighted by atomic mass is 9.95. The molecule has 0 radical (unpaired) electrons. The number of anilines is 1. The van der Waals surface area contributed by atoms with Crippen LogP contribution < -0.4 is 4.90 Å². The van der Waals surface area contributed by atoms with E-state index < -0.39 is 0 Å². The summed E-state index contributed by atoms with van der Waals surface area (Å²) in [5, 5.41) is 10.4. The summed E-state index contributed by atoms with van der Waals surface area (Å²) >= 11 is 6.02. The molecule has 1 aromatic carbocycles. The number of oxazole rings is 1. The Morgan fingerprint density at radius 1 is 1.19 bits per heavy atom. The molecule has 27 heavy (non-hydrogen) atoms. The number of nitrogens with zero attached hydrogens (tertiary/aromatic N) is 3. The van der Waals surface area contributed by atoms with Crippen LogP contribution in [0.1, 0.15) is 25.7 Å². The molecule has 3 fully saturated rings. The van der Waals surface area contributed by atoms with E-state index in [0.717, 1.165) is 57.4 Å².